The van der Waals surface area contributed by atoms with Crippen LogP contribution in [-0.2, 0) is 12.0 Å². The molecule has 1 N–H and O–H groups in total. The Morgan fingerprint density at radius 3 is 3.07 bits per heavy atom. The van der Waals surface area contributed by atoms with Crippen LogP contribution in [0.1, 0.15) is 39.2 Å². The zero-order valence-electron chi connectivity index (χ0n) is 9.30. The van der Waals surface area contributed by atoms with Crippen LogP contribution in [0.2, 0.25) is 0 Å². The van der Waals surface area contributed by atoms with Crippen LogP contribution < -0.4 is 5.32 Å². The van der Waals surface area contributed by atoms with Crippen molar-refractivity contribution >= 4 is 5.82 Å². The largest absolute Gasteiger partial charge is 0.370 e. The first-order valence-electron chi connectivity index (χ1n) is 5.45. The Bertz CT molecular complexity index is 325. The smallest absolute Gasteiger partial charge is 0.128 e. The first kappa shape index (κ1) is 9.56. The summed E-state index contributed by atoms with van der Waals surface area (Å²) in [7, 11) is 0. The fourth-order valence-corrected chi connectivity index (χ4v) is 1.86. The summed E-state index contributed by atoms with van der Waals surface area (Å²) in [4.78, 5) is 0. The maximum absolute atomic E-state index is 4.43. The predicted octanol–water partition coefficient (Wildman–Crippen LogP) is 2.39. The van der Waals surface area contributed by atoms with E-state index in [9.17, 15) is 0 Å². The van der Waals surface area contributed by atoms with Crippen molar-refractivity contribution in [3.05, 3.63) is 11.8 Å². The van der Waals surface area contributed by atoms with Gasteiger partial charge in [0.15, 0.2) is 0 Å². The Hall–Kier alpha value is -0.990. The van der Waals surface area contributed by atoms with Gasteiger partial charge in [-0.3, -0.25) is 0 Å². The van der Waals surface area contributed by atoms with Crippen molar-refractivity contribution in [3.8, 4) is 0 Å². The second kappa shape index (κ2) is 3.30. The van der Waals surface area contributed by atoms with Crippen molar-refractivity contribution in [2.24, 2.45) is 0 Å². The van der Waals surface area contributed by atoms with Gasteiger partial charge in [0.2, 0.25) is 0 Å². The van der Waals surface area contributed by atoms with Gasteiger partial charge in [-0.15, -0.1) is 0 Å². The van der Waals surface area contributed by atoms with Crippen LogP contribution in [0.5, 0.6) is 0 Å². The van der Waals surface area contributed by atoms with E-state index in [0.29, 0.717) is 0 Å². The molecular formula is C11H19N3. The van der Waals surface area contributed by atoms with Gasteiger partial charge in [-0.05, 0) is 18.3 Å². The summed E-state index contributed by atoms with van der Waals surface area (Å²) in [6.07, 6.45) is 4.35. The second-order valence-corrected chi connectivity index (χ2v) is 4.65. The van der Waals surface area contributed by atoms with E-state index < -0.39 is 0 Å². The Morgan fingerprint density at radius 2 is 2.36 bits per heavy atom. The molecule has 0 aliphatic carbocycles. The highest BCUT2D eigenvalue weighted by Gasteiger charge is 2.26. The van der Waals surface area contributed by atoms with Crippen LogP contribution in [0, 0.1) is 0 Å². The van der Waals surface area contributed by atoms with Crippen molar-refractivity contribution in [1.29, 1.82) is 0 Å². The molecule has 0 saturated heterocycles. The SMILES string of the molecule is CCC(C)(C)c1cnn2c1NCCC2. The molecule has 0 amide bonds. The standard InChI is InChI=1S/C11H19N3/c1-4-11(2,3)9-8-13-14-7-5-6-12-10(9)14/h8,12H,4-7H2,1-3H3. The molecular weight excluding hydrogens is 174 g/mol. The van der Waals surface area contributed by atoms with Gasteiger partial charge in [0.25, 0.3) is 0 Å². The molecule has 0 saturated carbocycles. The average Bonchev–Trinajstić information content (AvgIpc) is 2.61. The number of nitrogens with zero attached hydrogens (tertiary/aromatic N) is 2. The molecule has 0 atom stereocenters. The molecule has 1 aromatic rings. The number of fused-ring (bicyclic) bond motifs is 1. The number of hydrogen-bond donors (Lipinski definition) is 1. The summed E-state index contributed by atoms with van der Waals surface area (Å²) in [5.74, 6) is 1.24. The van der Waals surface area contributed by atoms with Gasteiger partial charge in [0.05, 0.1) is 6.20 Å². The van der Waals surface area contributed by atoms with Gasteiger partial charge in [0.1, 0.15) is 5.82 Å². The third-order valence-electron chi connectivity index (χ3n) is 3.29. The number of hydrogen-bond acceptors (Lipinski definition) is 2. The van der Waals surface area contributed by atoms with E-state index in [1.807, 2.05) is 6.20 Å². The lowest BCUT2D eigenvalue weighted by molar-refractivity contribution is 0.503. The zero-order chi connectivity index (χ0) is 10.2. The molecule has 1 aromatic heterocycles. The number of aryl methyl sites for hydroxylation is 1. The third kappa shape index (κ3) is 1.41. The van der Waals surface area contributed by atoms with Crippen molar-refractivity contribution < 1.29 is 0 Å². The summed E-state index contributed by atoms with van der Waals surface area (Å²) in [6, 6.07) is 0. The van der Waals surface area contributed by atoms with Crippen molar-refractivity contribution in [2.45, 2.75) is 45.6 Å². The number of nitrogens with one attached hydrogen (secondary N) is 1. The molecule has 3 heteroatoms. The first-order valence-corrected chi connectivity index (χ1v) is 5.45. The van der Waals surface area contributed by atoms with Crippen LogP contribution in [0.15, 0.2) is 6.20 Å². The summed E-state index contributed by atoms with van der Waals surface area (Å²) in [5, 5.41) is 7.88. The summed E-state index contributed by atoms with van der Waals surface area (Å²) < 4.78 is 2.09. The Labute approximate surface area is 85.5 Å². The normalized spacial score (nSPS) is 16.2. The maximum Gasteiger partial charge on any atom is 0.128 e. The number of rotatable bonds is 2. The van der Waals surface area contributed by atoms with E-state index in [2.05, 4.69) is 35.9 Å². The summed E-state index contributed by atoms with van der Waals surface area (Å²) in [5.41, 5.74) is 1.59. The molecule has 0 spiro atoms. The fourth-order valence-electron chi connectivity index (χ4n) is 1.86. The minimum atomic E-state index is 0.234. The maximum atomic E-state index is 4.43. The molecule has 2 rings (SSSR count). The van der Waals surface area contributed by atoms with Crippen LogP contribution >= 0.6 is 0 Å². The number of anilines is 1. The van der Waals surface area contributed by atoms with Crippen molar-refractivity contribution in [2.75, 3.05) is 11.9 Å². The first-order chi connectivity index (χ1) is 6.65. The highest BCUT2D eigenvalue weighted by atomic mass is 15.3. The highest BCUT2D eigenvalue weighted by Crippen LogP contribution is 2.33. The average molecular weight is 193 g/mol. The molecule has 14 heavy (non-hydrogen) atoms. The lowest BCUT2D eigenvalue weighted by Crippen LogP contribution is -2.22. The van der Waals surface area contributed by atoms with Crippen LogP contribution in [0.3, 0.4) is 0 Å². The fraction of sp³-hybridized carbons (Fsp3) is 0.727. The minimum Gasteiger partial charge on any atom is -0.370 e. The van der Waals surface area contributed by atoms with Gasteiger partial charge in [-0.1, -0.05) is 20.8 Å². The van der Waals surface area contributed by atoms with Crippen molar-refractivity contribution in [1.82, 2.24) is 9.78 Å². The molecule has 0 aromatic carbocycles. The van der Waals surface area contributed by atoms with Gasteiger partial charge in [0, 0.05) is 18.7 Å². The lowest BCUT2D eigenvalue weighted by Gasteiger charge is -2.25. The van der Waals surface area contributed by atoms with Crippen LogP contribution in [0.25, 0.3) is 0 Å². The Morgan fingerprint density at radius 1 is 1.57 bits per heavy atom. The Balaban J connectivity index is 2.39. The third-order valence-corrected chi connectivity index (χ3v) is 3.29. The minimum absolute atomic E-state index is 0.234. The van der Waals surface area contributed by atoms with Gasteiger partial charge in [-0.25, -0.2) is 4.68 Å². The molecule has 78 valence electrons. The Kier molecular flexibility index (Phi) is 2.25. The van der Waals surface area contributed by atoms with E-state index in [4.69, 9.17) is 0 Å². The summed E-state index contributed by atoms with van der Waals surface area (Å²) >= 11 is 0. The molecule has 2 heterocycles. The van der Waals surface area contributed by atoms with E-state index in [0.717, 1.165) is 19.5 Å². The van der Waals surface area contributed by atoms with E-state index in [1.54, 1.807) is 0 Å². The summed E-state index contributed by atoms with van der Waals surface area (Å²) in [6.45, 7) is 8.93. The molecule has 1 aliphatic rings. The molecule has 0 unspecified atom stereocenters. The molecule has 1 aliphatic heterocycles. The molecule has 3 nitrogen and oxygen atoms in total. The molecule has 0 fully saturated rings. The molecule has 0 bridgehead atoms. The predicted molar refractivity (Wildman–Crippen MR) is 58.7 cm³/mol. The van der Waals surface area contributed by atoms with E-state index >= 15 is 0 Å². The van der Waals surface area contributed by atoms with Gasteiger partial charge >= 0.3 is 0 Å². The van der Waals surface area contributed by atoms with Gasteiger partial charge in [-0.2, -0.15) is 5.10 Å². The van der Waals surface area contributed by atoms with E-state index in [-0.39, 0.29) is 5.41 Å². The van der Waals surface area contributed by atoms with Crippen LogP contribution in [-0.4, -0.2) is 16.3 Å². The molecule has 0 radical (unpaired) electrons. The van der Waals surface area contributed by atoms with Gasteiger partial charge < -0.3 is 5.32 Å². The lowest BCUT2D eigenvalue weighted by atomic mass is 9.83. The monoisotopic (exact) mass is 193 g/mol. The number of aromatic nitrogens is 2. The van der Waals surface area contributed by atoms with E-state index in [1.165, 1.54) is 17.8 Å². The van der Waals surface area contributed by atoms with Crippen LogP contribution in [0.4, 0.5) is 5.82 Å². The second-order valence-electron chi connectivity index (χ2n) is 4.65. The highest BCUT2D eigenvalue weighted by molar-refractivity contribution is 5.48. The topological polar surface area (TPSA) is 29.9 Å². The zero-order valence-corrected chi connectivity index (χ0v) is 9.30. The quantitative estimate of drug-likeness (QED) is 0.781. The van der Waals surface area contributed by atoms with Crippen molar-refractivity contribution in [3.63, 3.8) is 0 Å².